The Morgan fingerprint density at radius 3 is 1.19 bits per heavy atom. The Morgan fingerprint density at radius 1 is 0.476 bits per heavy atom. The Kier molecular flexibility index (Phi) is 25.0. The Balaban J connectivity index is 2.65. The van der Waals surface area contributed by atoms with Crippen molar-refractivity contribution in [2.24, 2.45) is 23.7 Å². The highest BCUT2D eigenvalue weighted by Gasteiger charge is 2.34. The summed E-state index contributed by atoms with van der Waals surface area (Å²) >= 11 is 0. The molecule has 0 fully saturated rings. The van der Waals surface area contributed by atoms with E-state index in [-0.39, 0.29) is 0 Å². The zero-order valence-electron chi connectivity index (χ0n) is 27.4. The first kappa shape index (κ1) is 38.6. The lowest BCUT2D eigenvalue weighted by molar-refractivity contribution is -0.234. The average molecular weight is 595 g/mol. The molecule has 0 aliphatic heterocycles. The van der Waals surface area contributed by atoms with Gasteiger partial charge >= 0.3 is 11.9 Å². The monoisotopic (exact) mass is 594 g/mol. The first-order chi connectivity index (χ1) is 20.6. The Hall–Kier alpha value is -1.40. The summed E-state index contributed by atoms with van der Waals surface area (Å²) in [5.41, 5.74) is 0. The summed E-state index contributed by atoms with van der Waals surface area (Å²) in [6, 6.07) is 0. The Morgan fingerprint density at radius 2 is 0.786 bits per heavy atom. The highest BCUT2D eigenvalue weighted by molar-refractivity contribution is 5.68. The number of unbranched alkanes of at least 4 members (excludes halogenated alkanes) is 16. The van der Waals surface area contributed by atoms with E-state index >= 15 is 0 Å². The third-order valence-corrected chi connectivity index (χ3v) is 9.58. The largest absolute Gasteiger partial charge is 0.342 e. The summed E-state index contributed by atoms with van der Waals surface area (Å²) in [5, 5.41) is 16.8. The van der Waals surface area contributed by atoms with E-state index < -0.39 is 11.9 Å². The molecule has 0 amide bonds. The summed E-state index contributed by atoms with van der Waals surface area (Å²) < 4.78 is 0. The van der Waals surface area contributed by atoms with Gasteiger partial charge in [-0.3, -0.25) is 0 Å². The molecular weight excluding hydrogens is 528 g/mol. The summed E-state index contributed by atoms with van der Waals surface area (Å²) in [5.74, 6) is 2.04. The van der Waals surface area contributed by atoms with E-state index in [1.807, 2.05) is 0 Å². The third-order valence-electron chi connectivity index (χ3n) is 9.58. The van der Waals surface area contributed by atoms with Gasteiger partial charge in [0.05, 0.1) is 0 Å². The van der Waals surface area contributed by atoms with Crippen molar-refractivity contribution in [3.8, 4) is 0 Å². The molecule has 2 N–H and O–H groups in total. The van der Waals surface area contributed by atoms with Gasteiger partial charge in [0.2, 0.25) is 0 Å². The topological polar surface area (TPSA) is 93.1 Å². The van der Waals surface area contributed by atoms with Gasteiger partial charge in [-0.25, -0.2) is 9.59 Å². The van der Waals surface area contributed by atoms with Crippen molar-refractivity contribution in [2.75, 3.05) is 0 Å². The minimum absolute atomic E-state index is 0.308. The van der Waals surface area contributed by atoms with Gasteiger partial charge in [-0.05, 0) is 62.2 Å². The summed E-state index contributed by atoms with van der Waals surface area (Å²) in [6.45, 7) is 4.61. The molecule has 6 nitrogen and oxygen atoms in total. The highest BCUT2D eigenvalue weighted by atomic mass is 17.1. The van der Waals surface area contributed by atoms with Gasteiger partial charge < -0.3 is 9.78 Å². The van der Waals surface area contributed by atoms with Gasteiger partial charge in [0.1, 0.15) is 0 Å². The maximum atomic E-state index is 11.1. The van der Waals surface area contributed by atoms with Crippen molar-refractivity contribution in [1.82, 2.24) is 0 Å². The van der Waals surface area contributed by atoms with Crippen molar-refractivity contribution in [2.45, 2.75) is 181 Å². The summed E-state index contributed by atoms with van der Waals surface area (Å²) in [6.07, 6.45) is 35.5. The molecule has 0 saturated heterocycles. The van der Waals surface area contributed by atoms with Crippen LogP contribution in [0.1, 0.15) is 181 Å². The van der Waals surface area contributed by atoms with Crippen LogP contribution >= 0.6 is 0 Å². The minimum atomic E-state index is -0.525. The molecular formula is C36H66O6. The average Bonchev–Trinajstić information content (AvgIpc) is 3.00. The predicted octanol–water partition coefficient (Wildman–Crippen LogP) is 11.2. The molecule has 1 aliphatic carbocycles. The molecule has 0 aromatic carbocycles. The van der Waals surface area contributed by atoms with Gasteiger partial charge in [-0.1, -0.05) is 142 Å². The van der Waals surface area contributed by atoms with Crippen LogP contribution in [0, 0.1) is 23.7 Å². The molecule has 4 atom stereocenters. The lowest BCUT2D eigenvalue weighted by atomic mass is 9.64. The third kappa shape index (κ3) is 19.0. The van der Waals surface area contributed by atoms with Crippen LogP contribution in [0.3, 0.4) is 0 Å². The molecule has 246 valence electrons. The Labute approximate surface area is 258 Å². The van der Waals surface area contributed by atoms with Crippen LogP contribution in [-0.2, 0) is 19.4 Å². The lowest BCUT2D eigenvalue weighted by Crippen LogP contribution is -2.32. The first-order valence-electron chi connectivity index (χ1n) is 17.9. The van der Waals surface area contributed by atoms with E-state index in [1.165, 1.54) is 116 Å². The normalized spacial score (nSPS) is 20.1. The second kappa shape index (κ2) is 27.2. The maximum Gasteiger partial charge on any atom is 0.342 e. The summed E-state index contributed by atoms with van der Waals surface area (Å²) in [4.78, 5) is 29.7. The van der Waals surface area contributed by atoms with Crippen LogP contribution in [0.5, 0.6) is 0 Å². The second-order valence-corrected chi connectivity index (χ2v) is 13.0. The number of carbonyl (C=O) groups excluding carboxylic acids is 2. The molecule has 4 unspecified atom stereocenters. The van der Waals surface area contributed by atoms with E-state index in [1.54, 1.807) is 0 Å². The molecule has 0 aromatic rings. The number of carbonyl (C=O) groups is 2. The predicted molar refractivity (Wildman–Crippen MR) is 172 cm³/mol. The smallest absolute Gasteiger partial charge is 0.301 e. The molecule has 42 heavy (non-hydrogen) atoms. The fourth-order valence-corrected chi connectivity index (χ4v) is 7.10. The number of rotatable bonds is 28. The molecule has 0 aromatic heterocycles. The van der Waals surface area contributed by atoms with Gasteiger partial charge in [0, 0.05) is 12.8 Å². The van der Waals surface area contributed by atoms with E-state index in [9.17, 15) is 9.59 Å². The SMILES string of the molecule is CCCCCCCC1C(CCCCC)C=CC(CCCCCCCCC(=O)OO)C1CCCCCCCCC(=O)OO. The van der Waals surface area contributed by atoms with Crippen LogP contribution in [0.25, 0.3) is 0 Å². The van der Waals surface area contributed by atoms with Crippen molar-refractivity contribution in [1.29, 1.82) is 0 Å². The maximum absolute atomic E-state index is 11.1. The van der Waals surface area contributed by atoms with Crippen LogP contribution < -0.4 is 0 Å². The van der Waals surface area contributed by atoms with Crippen molar-refractivity contribution in [3.63, 3.8) is 0 Å². The lowest BCUT2D eigenvalue weighted by Gasteiger charge is -2.41. The molecule has 1 aliphatic rings. The molecule has 0 saturated carbocycles. The van der Waals surface area contributed by atoms with Crippen molar-refractivity contribution in [3.05, 3.63) is 12.2 Å². The molecule has 1 rings (SSSR count). The molecule has 0 spiro atoms. The summed E-state index contributed by atoms with van der Waals surface area (Å²) in [7, 11) is 0. The van der Waals surface area contributed by atoms with E-state index in [0.29, 0.717) is 18.8 Å². The van der Waals surface area contributed by atoms with E-state index in [2.05, 4.69) is 35.8 Å². The van der Waals surface area contributed by atoms with Crippen LogP contribution in [0.2, 0.25) is 0 Å². The molecule has 0 radical (unpaired) electrons. The zero-order chi connectivity index (χ0) is 30.7. The van der Waals surface area contributed by atoms with Gasteiger partial charge in [0.25, 0.3) is 0 Å². The Bertz CT molecular complexity index is 678. The van der Waals surface area contributed by atoms with Gasteiger partial charge in [-0.15, -0.1) is 0 Å². The standard InChI is InChI=1S/C36H66O6/c1-3-5-7-12-19-25-33-31(23-17-6-4-2)29-30-32(24-18-13-8-10-15-21-27-35(37)41-39)34(33)26-20-14-9-11-16-22-28-36(38)42-40/h29-34,39-40H,3-28H2,1-2H3. The van der Waals surface area contributed by atoms with Gasteiger partial charge in [-0.2, -0.15) is 10.5 Å². The zero-order valence-corrected chi connectivity index (χ0v) is 27.4. The second-order valence-electron chi connectivity index (χ2n) is 13.0. The van der Waals surface area contributed by atoms with Crippen LogP contribution in [0.15, 0.2) is 12.2 Å². The number of hydrogen-bond acceptors (Lipinski definition) is 6. The first-order valence-corrected chi connectivity index (χ1v) is 17.9. The molecule has 0 heterocycles. The van der Waals surface area contributed by atoms with E-state index in [0.717, 1.165) is 56.3 Å². The fraction of sp³-hybridized carbons (Fsp3) is 0.889. The quantitative estimate of drug-likeness (QED) is 0.0405. The van der Waals surface area contributed by atoms with Crippen molar-refractivity contribution >= 4 is 11.9 Å². The molecule has 6 heteroatoms. The van der Waals surface area contributed by atoms with Gasteiger partial charge in [0.15, 0.2) is 0 Å². The highest BCUT2D eigenvalue weighted by Crippen LogP contribution is 2.44. The van der Waals surface area contributed by atoms with Crippen molar-refractivity contribution < 1.29 is 29.9 Å². The molecule has 0 bridgehead atoms. The van der Waals surface area contributed by atoms with Crippen LogP contribution in [0.4, 0.5) is 0 Å². The minimum Gasteiger partial charge on any atom is -0.301 e. The van der Waals surface area contributed by atoms with Crippen LogP contribution in [-0.4, -0.2) is 22.5 Å². The fourth-order valence-electron chi connectivity index (χ4n) is 7.10. The van der Waals surface area contributed by atoms with E-state index in [4.69, 9.17) is 10.5 Å². The number of allylic oxidation sites excluding steroid dienone is 2. The number of hydrogen-bond donors (Lipinski definition) is 2.